The molecule has 0 spiro atoms. The third-order valence-electron chi connectivity index (χ3n) is 1.94. The standard InChI is InChI=1S/C8H12N2O3/c1-10(4-2-3-9)5-6(11)8(13)7(5)12/h11H,2-4,9H2,1H3. The molecular formula is C8H12N2O3. The molecule has 3 N–H and O–H groups in total. The quantitative estimate of drug-likeness (QED) is 0.573. The van der Waals surface area contributed by atoms with Crippen molar-refractivity contribution < 1.29 is 5.11 Å². The maximum absolute atomic E-state index is 10.9. The summed E-state index contributed by atoms with van der Waals surface area (Å²) in [6.07, 6.45) is 0.717. The maximum atomic E-state index is 10.9. The van der Waals surface area contributed by atoms with Crippen LogP contribution in [0.1, 0.15) is 6.42 Å². The summed E-state index contributed by atoms with van der Waals surface area (Å²) >= 11 is 0. The van der Waals surface area contributed by atoms with Gasteiger partial charge in [-0.15, -0.1) is 0 Å². The summed E-state index contributed by atoms with van der Waals surface area (Å²) in [4.78, 5) is 23.1. The van der Waals surface area contributed by atoms with Gasteiger partial charge in [0.15, 0.2) is 5.75 Å². The number of anilines is 1. The summed E-state index contributed by atoms with van der Waals surface area (Å²) in [6, 6.07) is 0. The lowest BCUT2D eigenvalue weighted by Crippen LogP contribution is -2.38. The van der Waals surface area contributed by atoms with Crippen LogP contribution in [-0.2, 0) is 0 Å². The van der Waals surface area contributed by atoms with E-state index in [9.17, 15) is 9.59 Å². The first kappa shape index (κ1) is 9.73. The summed E-state index contributed by atoms with van der Waals surface area (Å²) < 4.78 is 0. The fourth-order valence-corrected chi connectivity index (χ4v) is 1.16. The van der Waals surface area contributed by atoms with E-state index >= 15 is 0 Å². The monoisotopic (exact) mass is 184 g/mol. The summed E-state index contributed by atoms with van der Waals surface area (Å²) in [5.41, 5.74) is 3.98. The van der Waals surface area contributed by atoms with Crippen molar-refractivity contribution in [2.45, 2.75) is 6.42 Å². The normalized spacial score (nSPS) is 10.6. The van der Waals surface area contributed by atoms with Crippen LogP contribution in [0, 0.1) is 0 Å². The van der Waals surface area contributed by atoms with Gasteiger partial charge in [-0.05, 0) is 13.0 Å². The number of rotatable bonds is 4. The van der Waals surface area contributed by atoms with Gasteiger partial charge in [-0.3, -0.25) is 9.59 Å². The summed E-state index contributed by atoms with van der Waals surface area (Å²) in [5, 5.41) is 9.05. The molecule has 0 amide bonds. The van der Waals surface area contributed by atoms with E-state index in [1.165, 1.54) is 0 Å². The molecule has 0 aliphatic rings. The predicted octanol–water partition coefficient (Wildman–Crippen LogP) is -1.23. The number of nitrogens with two attached hydrogens (primary N) is 1. The van der Waals surface area contributed by atoms with Crippen LogP contribution in [0.2, 0.25) is 0 Å². The molecule has 0 atom stereocenters. The van der Waals surface area contributed by atoms with E-state index in [0.717, 1.165) is 6.42 Å². The largest absolute Gasteiger partial charge is 0.502 e. The summed E-state index contributed by atoms with van der Waals surface area (Å²) in [5.74, 6) is -0.426. The van der Waals surface area contributed by atoms with Crippen LogP contribution in [0.4, 0.5) is 5.69 Å². The SMILES string of the molecule is CN(CCCN)c1c(O)c(=O)c1=O. The van der Waals surface area contributed by atoms with E-state index in [2.05, 4.69) is 0 Å². The lowest BCUT2D eigenvalue weighted by molar-refractivity contribution is 0.462. The van der Waals surface area contributed by atoms with E-state index in [4.69, 9.17) is 10.8 Å². The van der Waals surface area contributed by atoms with Gasteiger partial charge in [0.25, 0.3) is 10.9 Å². The predicted molar refractivity (Wildman–Crippen MR) is 50.0 cm³/mol. The molecule has 0 aliphatic carbocycles. The summed E-state index contributed by atoms with van der Waals surface area (Å²) in [7, 11) is 1.64. The molecule has 1 aromatic carbocycles. The van der Waals surface area contributed by atoms with Gasteiger partial charge in [0.1, 0.15) is 5.69 Å². The molecular weight excluding hydrogens is 172 g/mol. The average molecular weight is 184 g/mol. The zero-order valence-electron chi connectivity index (χ0n) is 7.41. The first-order valence-electron chi connectivity index (χ1n) is 4.03. The minimum Gasteiger partial charge on any atom is -0.502 e. The van der Waals surface area contributed by atoms with Crippen molar-refractivity contribution in [3.63, 3.8) is 0 Å². The third kappa shape index (κ3) is 1.55. The zero-order chi connectivity index (χ0) is 10.0. The minimum atomic E-state index is -0.797. The molecule has 1 aromatic rings. The maximum Gasteiger partial charge on any atom is 0.271 e. The van der Waals surface area contributed by atoms with Crippen LogP contribution in [0.25, 0.3) is 0 Å². The molecule has 0 heterocycles. The number of aromatic hydroxyl groups is 1. The molecule has 1 rings (SSSR count). The van der Waals surface area contributed by atoms with Crippen molar-refractivity contribution in [1.82, 2.24) is 0 Å². The second-order valence-electron chi connectivity index (χ2n) is 2.92. The van der Waals surface area contributed by atoms with Crippen LogP contribution in [0.5, 0.6) is 5.75 Å². The molecule has 0 radical (unpaired) electrons. The Bertz CT molecular complexity index is 365. The third-order valence-corrected chi connectivity index (χ3v) is 1.94. The van der Waals surface area contributed by atoms with E-state index in [0.29, 0.717) is 13.1 Å². The average Bonchev–Trinajstić information content (AvgIpc) is 2.14. The van der Waals surface area contributed by atoms with Gasteiger partial charge in [-0.2, -0.15) is 0 Å². The van der Waals surface area contributed by atoms with Crippen molar-refractivity contribution >= 4 is 5.69 Å². The number of hydrogen-bond donors (Lipinski definition) is 2. The van der Waals surface area contributed by atoms with Gasteiger partial charge in [-0.25, -0.2) is 0 Å². The molecule has 0 unspecified atom stereocenters. The van der Waals surface area contributed by atoms with Crippen molar-refractivity contribution in [2.24, 2.45) is 5.73 Å². The molecule has 0 saturated carbocycles. The number of nitrogens with zero attached hydrogens (tertiary/aromatic N) is 1. The Morgan fingerprint density at radius 2 is 2.00 bits per heavy atom. The van der Waals surface area contributed by atoms with E-state index in [-0.39, 0.29) is 5.69 Å². The van der Waals surface area contributed by atoms with E-state index in [1.807, 2.05) is 0 Å². The number of hydrogen-bond acceptors (Lipinski definition) is 5. The van der Waals surface area contributed by atoms with Crippen molar-refractivity contribution in [3.05, 3.63) is 20.4 Å². The highest BCUT2D eigenvalue weighted by Crippen LogP contribution is 2.18. The van der Waals surface area contributed by atoms with Gasteiger partial charge >= 0.3 is 0 Å². The highest BCUT2D eigenvalue weighted by atomic mass is 16.3. The smallest absolute Gasteiger partial charge is 0.271 e. The topological polar surface area (TPSA) is 83.6 Å². The van der Waals surface area contributed by atoms with Crippen LogP contribution >= 0.6 is 0 Å². The Hall–Kier alpha value is -1.36. The molecule has 5 heteroatoms. The van der Waals surface area contributed by atoms with Crippen LogP contribution < -0.4 is 21.5 Å². The Balaban J connectivity index is 2.74. The summed E-state index contributed by atoms with van der Waals surface area (Å²) in [6.45, 7) is 1.08. The van der Waals surface area contributed by atoms with E-state index in [1.54, 1.807) is 11.9 Å². The Morgan fingerprint density at radius 1 is 1.38 bits per heavy atom. The zero-order valence-corrected chi connectivity index (χ0v) is 7.41. The van der Waals surface area contributed by atoms with Crippen LogP contribution in [-0.4, -0.2) is 25.2 Å². The molecule has 0 aromatic heterocycles. The van der Waals surface area contributed by atoms with Crippen molar-refractivity contribution in [1.29, 1.82) is 0 Å². The van der Waals surface area contributed by atoms with Gasteiger partial charge in [-0.1, -0.05) is 0 Å². The first-order chi connectivity index (χ1) is 6.09. The second-order valence-corrected chi connectivity index (χ2v) is 2.92. The molecule has 0 aliphatic heterocycles. The van der Waals surface area contributed by atoms with Gasteiger partial charge in [0.05, 0.1) is 0 Å². The Labute approximate surface area is 75.1 Å². The fourth-order valence-electron chi connectivity index (χ4n) is 1.16. The highest BCUT2D eigenvalue weighted by Gasteiger charge is 2.22. The Morgan fingerprint density at radius 3 is 2.46 bits per heavy atom. The fraction of sp³-hybridized carbons (Fsp3) is 0.500. The Kier molecular flexibility index (Phi) is 2.67. The molecule has 72 valence electrons. The second kappa shape index (κ2) is 3.57. The molecule has 0 saturated heterocycles. The molecule has 5 nitrogen and oxygen atoms in total. The van der Waals surface area contributed by atoms with Crippen molar-refractivity contribution in [2.75, 3.05) is 25.0 Å². The van der Waals surface area contributed by atoms with Crippen LogP contribution in [0.15, 0.2) is 9.59 Å². The van der Waals surface area contributed by atoms with Gasteiger partial charge < -0.3 is 15.7 Å². The lowest BCUT2D eigenvalue weighted by Gasteiger charge is -2.19. The molecule has 0 fully saturated rings. The molecule has 13 heavy (non-hydrogen) atoms. The van der Waals surface area contributed by atoms with Crippen molar-refractivity contribution in [3.8, 4) is 5.75 Å². The van der Waals surface area contributed by atoms with Gasteiger partial charge in [0, 0.05) is 13.6 Å². The van der Waals surface area contributed by atoms with E-state index < -0.39 is 16.6 Å². The minimum absolute atomic E-state index is 0.110. The highest BCUT2D eigenvalue weighted by molar-refractivity contribution is 5.62. The first-order valence-corrected chi connectivity index (χ1v) is 4.03. The molecule has 0 bridgehead atoms. The van der Waals surface area contributed by atoms with Crippen LogP contribution in [0.3, 0.4) is 0 Å². The lowest BCUT2D eigenvalue weighted by atomic mass is 10.2. The van der Waals surface area contributed by atoms with Gasteiger partial charge in [0.2, 0.25) is 0 Å².